The standard InChI is InChI=1S/C19H32O6/c1-4-5-6-8-11-15(25-19(24)14(2)3)12-9-7-10-13-16(17(20)21)18(22)23/h15-16H,2,4-13H2,1,3H3,(H,20,21)(H,22,23). The number of rotatable bonds is 15. The Morgan fingerprint density at radius 1 is 0.880 bits per heavy atom. The van der Waals surface area contributed by atoms with Crippen LogP contribution in [0.2, 0.25) is 0 Å². The number of hydrogen-bond acceptors (Lipinski definition) is 4. The average Bonchev–Trinajstić information content (AvgIpc) is 2.53. The van der Waals surface area contributed by atoms with Gasteiger partial charge in [-0.2, -0.15) is 0 Å². The molecule has 0 saturated carbocycles. The smallest absolute Gasteiger partial charge is 0.333 e. The Hall–Kier alpha value is -1.85. The zero-order chi connectivity index (χ0) is 19.2. The average molecular weight is 356 g/mol. The fourth-order valence-corrected chi connectivity index (χ4v) is 2.56. The molecule has 0 amide bonds. The largest absolute Gasteiger partial charge is 0.481 e. The first-order valence-corrected chi connectivity index (χ1v) is 9.11. The van der Waals surface area contributed by atoms with Crippen molar-refractivity contribution in [2.45, 2.75) is 84.2 Å². The van der Waals surface area contributed by atoms with E-state index in [4.69, 9.17) is 14.9 Å². The summed E-state index contributed by atoms with van der Waals surface area (Å²) in [7, 11) is 0. The van der Waals surface area contributed by atoms with Gasteiger partial charge in [-0.1, -0.05) is 45.6 Å². The van der Waals surface area contributed by atoms with E-state index in [0.29, 0.717) is 24.8 Å². The third-order valence-corrected chi connectivity index (χ3v) is 4.12. The summed E-state index contributed by atoms with van der Waals surface area (Å²) in [4.78, 5) is 33.4. The lowest BCUT2D eigenvalue weighted by Crippen LogP contribution is -2.23. The minimum atomic E-state index is -1.34. The lowest BCUT2D eigenvalue weighted by Gasteiger charge is -2.18. The lowest BCUT2D eigenvalue weighted by atomic mass is 9.99. The van der Waals surface area contributed by atoms with Gasteiger partial charge in [0.2, 0.25) is 0 Å². The maximum Gasteiger partial charge on any atom is 0.333 e. The highest BCUT2D eigenvalue weighted by molar-refractivity contribution is 5.92. The van der Waals surface area contributed by atoms with Crippen LogP contribution < -0.4 is 0 Å². The number of carbonyl (C=O) groups excluding carboxylic acids is 1. The highest BCUT2D eigenvalue weighted by atomic mass is 16.5. The molecule has 0 fully saturated rings. The van der Waals surface area contributed by atoms with Crippen molar-refractivity contribution in [2.24, 2.45) is 5.92 Å². The molecule has 0 heterocycles. The van der Waals surface area contributed by atoms with Crippen LogP contribution in [0.25, 0.3) is 0 Å². The van der Waals surface area contributed by atoms with Gasteiger partial charge in [0.25, 0.3) is 0 Å². The van der Waals surface area contributed by atoms with Crippen molar-refractivity contribution in [3.63, 3.8) is 0 Å². The summed E-state index contributed by atoms with van der Waals surface area (Å²) in [5.41, 5.74) is 0.379. The van der Waals surface area contributed by atoms with Crippen LogP contribution in [-0.4, -0.2) is 34.2 Å². The molecule has 1 unspecified atom stereocenters. The molecule has 0 radical (unpaired) electrons. The van der Waals surface area contributed by atoms with Crippen molar-refractivity contribution >= 4 is 17.9 Å². The first-order chi connectivity index (χ1) is 11.8. The second-order valence-electron chi connectivity index (χ2n) is 6.52. The van der Waals surface area contributed by atoms with Crippen molar-refractivity contribution in [3.05, 3.63) is 12.2 Å². The summed E-state index contributed by atoms with van der Waals surface area (Å²) in [6.45, 7) is 7.35. The molecule has 1 atom stereocenters. The van der Waals surface area contributed by atoms with Crippen molar-refractivity contribution in [1.29, 1.82) is 0 Å². The molecule has 0 saturated heterocycles. The molecule has 0 aliphatic heterocycles. The number of esters is 1. The van der Waals surface area contributed by atoms with E-state index in [1.165, 1.54) is 0 Å². The van der Waals surface area contributed by atoms with Crippen LogP contribution in [0, 0.1) is 5.92 Å². The Labute approximate surface area is 150 Å². The van der Waals surface area contributed by atoms with E-state index in [-0.39, 0.29) is 18.5 Å². The number of hydrogen-bond donors (Lipinski definition) is 2. The van der Waals surface area contributed by atoms with E-state index in [1.54, 1.807) is 6.92 Å². The number of aliphatic carboxylic acids is 2. The van der Waals surface area contributed by atoms with Crippen LogP contribution in [0.5, 0.6) is 0 Å². The van der Waals surface area contributed by atoms with Gasteiger partial charge >= 0.3 is 17.9 Å². The zero-order valence-electron chi connectivity index (χ0n) is 15.5. The molecule has 0 aliphatic rings. The third-order valence-electron chi connectivity index (χ3n) is 4.12. The SMILES string of the molecule is C=C(C)C(=O)OC(CCCCCC)CCCCCC(C(=O)O)C(=O)O. The second kappa shape index (κ2) is 13.4. The molecule has 2 N–H and O–H groups in total. The van der Waals surface area contributed by atoms with E-state index >= 15 is 0 Å². The molecule has 6 heteroatoms. The molecule has 0 aromatic heterocycles. The predicted molar refractivity (Wildman–Crippen MR) is 95.3 cm³/mol. The van der Waals surface area contributed by atoms with Gasteiger partial charge in [0.05, 0.1) is 0 Å². The maximum absolute atomic E-state index is 11.7. The molecule has 6 nitrogen and oxygen atoms in total. The molecule has 0 bridgehead atoms. The summed E-state index contributed by atoms with van der Waals surface area (Å²) < 4.78 is 5.47. The summed E-state index contributed by atoms with van der Waals surface area (Å²) in [5.74, 6) is -4.31. The van der Waals surface area contributed by atoms with Crippen molar-refractivity contribution < 1.29 is 29.3 Å². The molecule has 0 spiro atoms. The van der Waals surface area contributed by atoms with Gasteiger partial charge in [-0.05, 0) is 39.0 Å². The zero-order valence-corrected chi connectivity index (χ0v) is 15.5. The van der Waals surface area contributed by atoms with Gasteiger partial charge in [-0.3, -0.25) is 9.59 Å². The van der Waals surface area contributed by atoms with Crippen LogP contribution in [0.1, 0.15) is 78.1 Å². The Morgan fingerprint density at radius 2 is 1.36 bits per heavy atom. The monoisotopic (exact) mass is 356 g/mol. The second-order valence-corrected chi connectivity index (χ2v) is 6.52. The lowest BCUT2D eigenvalue weighted by molar-refractivity contribution is -0.155. The summed E-state index contributed by atoms with van der Waals surface area (Å²) in [6, 6.07) is 0. The van der Waals surface area contributed by atoms with Gasteiger partial charge in [0, 0.05) is 5.57 Å². The Morgan fingerprint density at radius 3 is 1.80 bits per heavy atom. The summed E-state index contributed by atoms with van der Waals surface area (Å²) in [6.07, 6.45) is 7.91. The minimum absolute atomic E-state index is 0.122. The third kappa shape index (κ3) is 11.3. The topological polar surface area (TPSA) is 101 Å². The van der Waals surface area contributed by atoms with E-state index in [1.807, 2.05) is 0 Å². The van der Waals surface area contributed by atoms with Gasteiger partial charge in [-0.15, -0.1) is 0 Å². The van der Waals surface area contributed by atoms with Gasteiger partial charge < -0.3 is 14.9 Å². The molecule has 0 aromatic carbocycles. The van der Waals surface area contributed by atoms with Crippen molar-refractivity contribution in [1.82, 2.24) is 0 Å². The maximum atomic E-state index is 11.7. The van der Waals surface area contributed by atoms with Crippen molar-refractivity contribution in [2.75, 3.05) is 0 Å². The highest BCUT2D eigenvalue weighted by Gasteiger charge is 2.24. The van der Waals surface area contributed by atoms with E-state index < -0.39 is 17.9 Å². The predicted octanol–water partition coefficient (Wildman–Crippen LogP) is 4.18. The van der Waals surface area contributed by atoms with Crippen LogP contribution >= 0.6 is 0 Å². The molecular formula is C19H32O6. The quantitative estimate of drug-likeness (QED) is 0.197. The summed E-state index contributed by atoms with van der Waals surface area (Å²) >= 11 is 0. The van der Waals surface area contributed by atoms with E-state index in [9.17, 15) is 14.4 Å². The molecule has 0 rings (SSSR count). The van der Waals surface area contributed by atoms with Crippen LogP contribution in [-0.2, 0) is 19.1 Å². The van der Waals surface area contributed by atoms with Gasteiger partial charge in [0.15, 0.2) is 5.92 Å². The number of carbonyl (C=O) groups is 3. The minimum Gasteiger partial charge on any atom is -0.481 e. The van der Waals surface area contributed by atoms with E-state index in [0.717, 1.165) is 38.5 Å². The molecule has 144 valence electrons. The Kier molecular flexibility index (Phi) is 12.4. The first-order valence-electron chi connectivity index (χ1n) is 9.11. The van der Waals surface area contributed by atoms with Crippen LogP contribution in [0.3, 0.4) is 0 Å². The fourth-order valence-electron chi connectivity index (χ4n) is 2.56. The normalized spacial score (nSPS) is 12.0. The first kappa shape index (κ1) is 23.1. The van der Waals surface area contributed by atoms with Crippen molar-refractivity contribution in [3.8, 4) is 0 Å². The molecular weight excluding hydrogens is 324 g/mol. The Balaban J connectivity index is 4.22. The summed E-state index contributed by atoms with van der Waals surface area (Å²) in [5, 5.41) is 17.7. The number of ether oxygens (including phenoxy) is 1. The highest BCUT2D eigenvalue weighted by Crippen LogP contribution is 2.18. The molecule has 25 heavy (non-hydrogen) atoms. The fraction of sp³-hybridized carbons (Fsp3) is 0.737. The number of unbranched alkanes of at least 4 members (excludes halogenated alkanes) is 5. The van der Waals surface area contributed by atoms with Crippen LogP contribution in [0.4, 0.5) is 0 Å². The number of carboxylic acids is 2. The van der Waals surface area contributed by atoms with Gasteiger partial charge in [-0.25, -0.2) is 4.79 Å². The molecule has 0 aromatic rings. The van der Waals surface area contributed by atoms with Gasteiger partial charge in [0.1, 0.15) is 6.10 Å². The molecule has 0 aliphatic carbocycles. The Bertz CT molecular complexity index is 429. The van der Waals surface area contributed by atoms with E-state index in [2.05, 4.69) is 13.5 Å². The van der Waals surface area contributed by atoms with Crippen LogP contribution in [0.15, 0.2) is 12.2 Å². The number of carboxylic acid groups (broad SMARTS) is 2.